The Bertz CT molecular complexity index is 720. The number of hydrogen-bond acceptors (Lipinski definition) is 4. The third-order valence-electron chi connectivity index (χ3n) is 2.47. The second-order valence-corrected chi connectivity index (χ2v) is 5.46. The largest absolute Gasteiger partial charge is 0.326 e. The molecule has 0 aliphatic heterocycles. The molecule has 1 amide bonds. The standard InChI is InChI=1S/C13H16N4OS/c1-8(2)15-16-13-17(4)11-6-5-10(14-9(3)18)7-12(11)19-13/h5-7H,1-4H3,(H,14,18). The number of carbonyl (C=O) groups excluding carboxylic acids is 1. The number of thiazole rings is 1. The number of nitrogens with zero attached hydrogens (tertiary/aromatic N) is 3. The van der Waals surface area contributed by atoms with Gasteiger partial charge in [-0.25, -0.2) is 0 Å². The lowest BCUT2D eigenvalue weighted by atomic mass is 10.3. The van der Waals surface area contributed by atoms with Crippen molar-refractivity contribution in [1.29, 1.82) is 0 Å². The fraction of sp³-hybridized carbons (Fsp3) is 0.308. The molecule has 1 heterocycles. The highest BCUT2D eigenvalue weighted by molar-refractivity contribution is 7.16. The molecule has 0 saturated carbocycles. The number of fused-ring (bicyclic) bond motifs is 1. The Labute approximate surface area is 115 Å². The summed E-state index contributed by atoms with van der Waals surface area (Å²) < 4.78 is 3.06. The Balaban J connectivity index is 2.54. The quantitative estimate of drug-likeness (QED) is 0.665. The summed E-state index contributed by atoms with van der Waals surface area (Å²) in [6, 6.07) is 5.80. The van der Waals surface area contributed by atoms with Gasteiger partial charge in [0.15, 0.2) is 0 Å². The number of aryl methyl sites for hydroxylation is 1. The maximum atomic E-state index is 11.0. The van der Waals surface area contributed by atoms with Crippen LogP contribution < -0.4 is 10.1 Å². The number of anilines is 1. The zero-order valence-corrected chi connectivity index (χ0v) is 12.2. The number of carbonyl (C=O) groups is 1. The van der Waals surface area contributed by atoms with E-state index in [2.05, 4.69) is 15.5 Å². The van der Waals surface area contributed by atoms with Crippen LogP contribution in [0, 0.1) is 0 Å². The van der Waals surface area contributed by atoms with Gasteiger partial charge in [-0.15, -0.1) is 5.10 Å². The molecule has 1 aromatic heterocycles. The van der Waals surface area contributed by atoms with Gasteiger partial charge in [0, 0.05) is 25.4 Å². The van der Waals surface area contributed by atoms with Crippen molar-refractivity contribution in [1.82, 2.24) is 4.57 Å². The molecule has 19 heavy (non-hydrogen) atoms. The first-order valence-electron chi connectivity index (χ1n) is 5.89. The van der Waals surface area contributed by atoms with Gasteiger partial charge in [0.2, 0.25) is 10.7 Å². The average Bonchev–Trinajstić information content (AvgIpc) is 2.62. The fourth-order valence-corrected chi connectivity index (χ4v) is 2.66. The summed E-state index contributed by atoms with van der Waals surface area (Å²) in [5.41, 5.74) is 2.78. The highest BCUT2D eigenvalue weighted by Gasteiger charge is 2.04. The molecule has 1 N–H and O–H groups in total. The Morgan fingerprint density at radius 3 is 2.68 bits per heavy atom. The number of amides is 1. The average molecular weight is 276 g/mol. The first-order valence-corrected chi connectivity index (χ1v) is 6.71. The molecule has 2 rings (SSSR count). The van der Waals surface area contributed by atoms with Crippen molar-refractivity contribution in [3.8, 4) is 0 Å². The Kier molecular flexibility index (Phi) is 3.80. The smallest absolute Gasteiger partial charge is 0.221 e. The van der Waals surface area contributed by atoms with Crippen LogP contribution >= 0.6 is 11.3 Å². The van der Waals surface area contributed by atoms with Crippen molar-refractivity contribution in [3.05, 3.63) is 23.0 Å². The van der Waals surface area contributed by atoms with Crippen molar-refractivity contribution >= 4 is 38.9 Å². The zero-order valence-electron chi connectivity index (χ0n) is 11.4. The van der Waals surface area contributed by atoms with Gasteiger partial charge in [0.05, 0.1) is 10.2 Å². The maximum absolute atomic E-state index is 11.0. The summed E-state index contributed by atoms with van der Waals surface area (Å²) in [6.45, 7) is 5.32. The predicted octanol–water partition coefficient (Wildman–Crippen LogP) is 2.49. The van der Waals surface area contributed by atoms with E-state index in [1.165, 1.54) is 6.92 Å². The molecule has 2 aromatic rings. The summed E-state index contributed by atoms with van der Waals surface area (Å²) in [7, 11) is 1.95. The number of benzene rings is 1. The minimum Gasteiger partial charge on any atom is -0.326 e. The van der Waals surface area contributed by atoms with Crippen LogP contribution in [-0.2, 0) is 11.8 Å². The minimum atomic E-state index is -0.0728. The highest BCUT2D eigenvalue weighted by atomic mass is 32.1. The Hall–Kier alpha value is -1.95. The van der Waals surface area contributed by atoms with Crippen molar-refractivity contribution in [2.45, 2.75) is 20.8 Å². The third kappa shape index (κ3) is 3.08. The number of aromatic nitrogens is 1. The zero-order chi connectivity index (χ0) is 14.0. The molecule has 0 aliphatic carbocycles. The second kappa shape index (κ2) is 5.36. The molecule has 1 aromatic carbocycles. The van der Waals surface area contributed by atoms with Crippen molar-refractivity contribution in [2.24, 2.45) is 17.3 Å². The minimum absolute atomic E-state index is 0.0728. The lowest BCUT2D eigenvalue weighted by Crippen LogP contribution is -2.09. The Morgan fingerprint density at radius 1 is 1.32 bits per heavy atom. The molecule has 100 valence electrons. The van der Waals surface area contributed by atoms with Gasteiger partial charge in [-0.05, 0) is 32.0 Å². The van der Waals surface area contributed by atoms with Crippen LogP contribution in [0.3, 0.4) is 0 Å². The van der Waals surface area contributed by atoms with E-state index in [1.807, 2.05) is 43.7 Å². The van der Waals surface area contributed by atoms with Gasteiger partial charge < -0.3 is 9.88 Å². The monoisotopic (exact) mass is 276 g/mol. The van der Waals surface area contributed by atoms with Crippen LogP contribution in [0.25, 0.3) is 10.2 Å². The van der Waals surface area contributed by atoms with E-state index in [4.69, 9.17) is 0 Å². The second-order valence-electron chi connectivity index (χ2n) is 4.45. The number of hydrogen-bond donors (Lipinski definition) is 1. The van der Waals surface area contributed by atoms with E-state index < -0.39 is 0 Å². The van der Waals surface area contributed by atoms with Crippen molar-refractivity contribution < 1.29 is 4.79 Å². The van der Waals surface area contributed by atoms with Gasteiger partial charge >= 0.3 is 0 Å². The van der Waals surface area contributed by atoms with Crippen LogP contribution in [0.4, 0.5) is 5.69 Å². The normalized spacial score (nSPS) is 11.7. The topological polar surface area (TPSA) is 58.8 Å². The van der Waals surface area contributed by atoms with E-state index in [0.717, 1.165) is 26.4 Å². The van der Waals surface area contributed by atoms with Crippen LogP contribution in [-0.4, -0.2) is 16.2 Å². The molecule has 0 saturated heterocycles. The summed E-state index contributed by atoms with van der Waals surface area (Å²) in [6.07, 6.45) is 0. The lowest BCUT2D eigenvalue weighted by Gasteiger charge is -2.01. The summed E-state index contributed by atoms with van der Waals surface area (Å²) in [5, 5.41) is 11.1. The molecule has 0 aliphatic rings. The summed E-state index contributed by atoms with van der Waals surface area (Å²) in [5.74, 6) is -0.0728. The molecular weight excluding hydrogens is 260 g/mol. The molecule has 0 radical (unpaired) electrons. The van der Waals surface area contributed by atoms with Gasteiger partial charge in [0.25, 0.3) is 0 Å². The van der Waals surface area contributed by atoms with Crippen LogP contribution in [0.1, 0.15) is 20.8 Å². The summed E-state index contributed by atoms with van der Waals surface area (Å²) >= 11 is 1.55. The first-order chi connectivity index (χ1) is 8.97. The predicted molar refractivity (Wildman–Crippen MR) is 79.4 cm³/mol. The van der Waals surface area contributed by atoms with E-state index in [-0.39, 0.29) is 5.91 Å². The van der Waals surface area contributed by atoms with Crippen LogP contribution in [0.15, 0.2) is 28.4 Å². The first kappa shape index (κ1) is 13.5. The molecule has 5 nitrogen and oxygen atoms in total. The number of rotatable bonds is 2. The number of nitrogens with one attached hydrogen (secondary N) is 1. The van der Waals surface area contributed by atoms with Crippen molar-refractivity contribution in [3.63, 3.8) is 0 Å². The highest BCUT2D eigenvalue weighted by Crippen LogP contribution is 2.21. The van der Waals surface area contributed by atoms with E-state index in [0.29, 0.717) is 0 Å². The van der Waals surface area contributed by atoms with Crippen LogP contribution in [0.5, 0.6) is 0 Å². The molecule has 0 spiro atoms. The van der Waals surface area contributed by atoms with E-state index in [1.54, 1.807) is 11.3 Å². The molecule has 0 bridgehead atoms. The molecule has 6 heteroatoms. The van der Waals surface area contributed by atoms with Gasteiger partial charge in [-0.2, -0.15) is 5.10 Å². The molecule has 0 fully saturated rings. The van der Waals surface area contributed by atoms with Gasteiger partial charge in [0.1, 0.15) is 0 Å². The summed E-state index contributed by atoms with van der Waals surface area (Å²) in [4.78, 5) is 11.9. The van der Waals surface area contributed by atoms with Crippen molar-refractivity contribution in [2.75, 3.05) is 5.32 Å². The SMILES string of the molecule is CC(=O)Nc1ccc2c(c1)sc(=NN=C(C)C)n2C. The third-order valence-corrected chi connectivity index (χ3v) is 3.55. The molecule has 0 atom stereocenters. The Morgan fingerprint density at radius 2 is 2.05 bits per heavy atom. The molecule has 0 unspecified atom stereocenters. The van der Waals surface area contributed by atoms with E-state index in [9.17, 15) is 4.79 Å². The van der Waals surface area contributed by atoms with Gasteiger partial charge in [-0.1, -0.05) is 11.3 Å². The van der Waals surface area contributed by atoms with E-state index >= 15 is 0 Å². The fourth-order valence-electron chi connectivity index (χ4n) is 1.65. The lowest BCUT2D eigenvalue weighted by molar-refractivity contribution is -0.114. The molecular formula is C13H16N4OS. The maximum Gasteiger partial charge on any atom is 0.221 e. The van der Waals surface area contributed by atoms with Gasteiger partial charge in [-0.3, -0.25) is 4.79 Å². The van der Waals surface area contributed by atoms with Crippen LogP contribution in [0.2, 0.25) is 0 Å².